The zero-order valence-electron chi connectivity index (χ0n) is 6.52. The van der Waals surface area contributed by atoms with Gasteiger partial charge in [-0.3, -0.25) is 0 Å². The van der Waals surface area contributed by atoms with Crippen molar-refractivity contribution in [1.82, 2.24) is 5.32 Å². The molecule has 1 aliphatic heterocycles. The molecule has 1 aliphatic rings. The molecule has 1 fully saturated rings. The van der Waals surface area contributed by atoms with E-state index in [1.807, 2.05) is 0 Å². The number of hydrogen-bond donors (Lipinski definition) is 1. The Morgan fingerprint density at radius 2 is 2.40 bits per heavy atom. The van der Waals surface area contributed by atoms with Gasteiger partial charge < -0.3 is 10.1 Å². The Morgan fingerprint density at radius 3 is 2.80 bits per heavy atom. The first-order valence-corrected chi connectivity index (χ1v) is 3.74. The SMILES string of the molecule is C=C(C)CCNC1COC1. The molecule has 58 valence electrons. The minimum atomic E-state index is 0.611. The quantitative estimate of drug-likeness (QED) is 0.588. The summed E-state index contributed by atoms with van der Waals surface area (Å²) in [4.78, 5) is 0. The van der Waals surface area contributed by atoms with E-state index in [0.29, 0.717) is 6.04 Å². The van der Waals surface area contributed by atoms with Crippen LogP contribution >= 0.6 is 0 Å². The van der Waals surface area contributed by atoms with E-state index < -0.39 is 0 Å². The second-order valence-electron chi connectivity index (χ2n) is 2.90. The Hall–Kier alpha value is -0.340. The molecule has 1 N–H and O–H groups in total. The number of hydrogen-bond acceptors (Lipinski definition) is 2. The Bertz CT molecular complexity index is 118. The van der Waals surface area contributed by atoms with Gasteiger partial charge in [-0.25, -0.2) is 0 Å². The molecule has 1 heterocycles. The molecule has 0 aromatic heterocycles. The summed E-state index contributed by atoms with van der Waals surface area (Å²) in [5.41, 5.74) is 1.24. The highest BCUT2D eigenvalue weighted by Crippen LogP contribution is 2.00. The largest absolute Gasteiger partial charge is 0.378 e. The normalized spacial score (nSPS) is 18.5. The van der Waals surface area contributed by atoms with Crippen LogP contribution in [0.2, 0.25) is 0 Å². The second-order valence-corrected chi connectivity index (χ2v) is 2.90. The molecule has 1 saturated heterocycles. The fourth-order valence-electron chi connectivity index (χ4n) is 0.843. The third kappa shape index (κ3) is 2.50. The molecule has 0 amide bonds. The average molecular weight is 141 g/mol. The Kier molecular flexibility index (Phi) is 2.90. The maximum Gasteiger partial charge on any atom is 0.0643 e. The van der Waals surface area contributed by atoms with Crippen molar-refractivity contribution in [2.75, 3.05) is 19.8 Å². The third-order valence-corrected chi connectivity index (χ3v) is 1.62. The van der Waals surface area contributed by atoms with E-state index in [0.717, 1.165) is 26.2 Å². The van der Waals surface area contributed by atoms with Gasteiger partial charge in [-0.05, 0) is 19.9 Å². The van der Waals surface area contributed by atoms with Crippen LogP contribution in [-0.4, -0.2) is 25.8 Å². The van der Waals surface area contributed by atoms with E-state index >= 15 is 0 Å². The van der Waals surface area contributed by atoms with Crippen LogP contribution in [0.15, 0.2) is 12.2 Å². The summed E-state index contributed by atoms with van der Waals surface area (Å²) in [5, 5.41) is 3.36. The van der Waals surface area contributed by atoms with Gasteiger partial charge in [0.05, 0.1) is 19.3 Å². The predicted molar refractivity (Wildman–Crippen MR) is 42.0 cm³/mol. The molecule has 0 saturated carbocycles. The van der Waals surface area contributed by atoms with Crippen LogP contribution < -0.4 is 5.32 Å². The van der Waals surface area contributed by atoms with Crippen molar-refractivity contribution in [3.63, 3.8) is 0 Å². The summed E-state index contributed by atoms with van der Waals surface area (Å²) in [5.74, 6) is 0. The predicted octanol–water partition coefficient (Wildman–Crippen LogP) is 0.941. The van der Waals surface area contributed by atoms with Crippen molar-refractivity contribution in [3.05, 3.63) is 12.2 Å². The minimum absolute atomic E-state index is 0.611. The van der Waals surface area contributed by atoms with E-state index in [-0.39, 0.29) is 0 Å². The van der Waals surface area contributed by atoms with Crippen molar-refractivity contribution in [2.24, 2.45) is 0 Å². The summed E-state index contributed by atoms with van der Waals surface area (Å²) in [7, 11) is 0. The van der Waals surface area contributed by atoms with Gasteiger partial charge in [-0.1, -0.05) is 5.57 Å². The first kappa shape index (κ1) is 7.76. The Balaban J connectivity index is 1.89. The summed E-state index contributed by atoms with van der Waals surface area (Å²) in [6.45, 7) is 8.69. The smallest absolute Gasteiger partial charge is 0.0643 e. The van der Waals surface area contributed by atoms with Crippen molar-refractivity contribution in [3.8, 4) is 0 Å². The topological polar surface area (TPSA) is 21.3 Å². The van der Waals surface area contributed by atoms with Gasteiger partial charge in [-0.15, -0.1) is 6.58 Å². The lowest BCUT2D eigenvalue weighted by molar-refractivity contribution is -0.00467. The molecule has 0 aromatic rings. The maximum atomic E-state index is 5.01. The van der Waals surface area contributed by atoms with E-state index in [1.54, 1.807) is 0 Å². The van der Waals surface area contributed by atoms with E-state index in [4.69, 9.17) is 4.74 Å². The lowest BCUT2D eigenvalue weighted by Gasteiger charge is -2.26. The lowest BCUT2D eigenvalue weighted by Crippen LogP contribution is -2.46. The van der Waals surface area contributed by atoms with Crippen LogP contribution in [0.5, 0.6) is 0 Å². The van der Waals surface area contributed by atoms with Gasteiger partial charge in [0, 0.05) is 0 Å². The monoisotopic (exact) mass is 141 g/mol. The van der Waals surface area contributed by atoms with Gasteiger partial charge in [0.25, 0.3) is 0 Å². The van der Waals surface area contributed by atoms with Crippen LogP contribution in [0, 0.1) is 0 Å². The maximum absolute atomic E-state index is 5.01. The highest BCUT2D eigenvalue weighted by Gasteiger charge is 2.16. The lowest BCUT2D eigenvalue weighted by atomic mass is 10.2. The van der Waals surface area contributed by atoms with Crippen molar-refractivity contribution < 1.29 is 4.74 Å². The fourth-order valence-corrected chi connectivity index (χ4v) is 0.843. The molecule has 0 aliphatic carbocycles. The zero-order chi connectivity index (χ0) is 7.40. The van der Waals surface area contributed by atoms with Crippen molar-refractivity contribution in [1.29, 1.82) is 0 Å². The van der Waals surface area contributed by atoms with Gasteiger partial charge in [0.15, 0.2) is 0 Å². The molecule has 1 rings (SSSR count). The van der Waals surface area contributed by atoms with E-state index in [9.17, 15) is 0 Å². The molecule has 0 atom stereocenters. The molecular formula is C8H15NO. The number of nitrogens with one attached hydrogen (secondary N) is 1. The molecule has 10 heavy (non-hydrogen) atoms. The molecule has 0 radical (unpaired) electrons. The van der Waals surface area contributed by atoms with Gasteiger partial charge in [-0.2, -0.15) is 0 Å². The van der Waals surface area contributed by atoms with Crippen LogP contribution in [0.1, 0.15) is 13.3 Å². The van der Waals surface area contributed by atoms with Crippen LogP contribution in [0.25, 0.3) is 0 Å². The van der Waals surface area contributed by atoms with E-state index in [2.05, 4.69) is 18.8 Å². The molecule has 0 spiro atoms. The van der Waals surface area contributed by atoms with Gasteiger partial charge >= 0.3 is 0 Å². The number of rotatable bonds is 4. The Labute approximate surface area is 62.3 Å². The first-order valence-electron chi connectivity index (χ1n) is 3.74. The second kappa shape index (κ2) is 3.74. The molecule has 2 nitrogen and oxygen atoms in total. The van der Waals surface area contributed by atoms with Gasteiger partial charge in [0.2, 0.25) is 0 Å². The Morgan fingerprint density at radius 1 is 1.70 bits per heavy atom. The molecule has 0 unspecified atom stereocenters. The van der Waals surface area contributed by atoms with Crippen molar-refractivity contribution in [2.45, 2.75) is 19.4 Å². The fraction of sp³-hybridized carbons (Fsp3) is 0.750. The van der Waals surface area contributed by atoms with Crippen LogP contribution in [-0.2, 0) is 4.74 Å². The summed E-state index contributed by atoms with van der Waals surface area (Å²) in [6.07, 6.45) is 1.08. The summed E-state index contributed by atoms with van der Waals surface area (Å²) < 4.78 is 5.01. The molecule has 0 aromatic carbocycles. The van der Waals surface area contributed by atoms with Crippen molar-refractivity contribution >= 4 is 0 Å². The summed E-state index contributed by atoms with van der Waals surface area (Å²) >= 11 is 0. The molecular weight excluding hydrogens is 126 g/mol. The minimum Gasteiger partial charge on any atom is -0.378 e. The first-order chi connectivity index (χ1) is 4.79. The highest BCUT2D eigenvalue weighted by molar-refractivity contribution is 4.89. The molecule has 0 bridgehead atoms. The van der Waals surface area contributed by atoms with Gasteiger partial charge in [0.1, 0.15) is 0 Å². The number of ether oxygens (including phenoxy) is 1. The van der Waals surface area contributed by atoms with Crippen LogP contribution in [0.3, 0.4) is 0 Å². The average Bonchev–Trinajstić information content (AvgIpc) is 1.75. The van der Waals surface area contributed by atoms with Crippen LogP contribution in [0.4, 0.5) is 0 Å². The zero-order valence-corrected chi connectivity index (χ0v) is 6.52. The molecule has 2 heteroatoms. The van der Waals surface area contributed by atoms with E-state index in [1.165, 1.54) is 5.57 Å². The standard InChI is InChI=1S/C8H15NO/c1-7(2)3-4-9-8-5-10-6-8/h8-9H,1,3-6H2,2H3. The highest BCUT2D eigenvalue weighted by atomic mass is 16.5. The summed E-state index contributed by atoms with van der Waals surface area (Å²) in [6, 6.07) is 0.611. The third-order valence-electron chi connectivity index (χ3n) is 1.62.